The molecule has 0 radical (unpaired) electrons. The molecule has 0 bridgehead atoms. The Morgan fingerprint density at radius 3 is 2.47 bits per heavy atom. The van der Waals surface area contributed by atoms with Crippen molar-refractivity contribution in [1.29, 1.82) is 0 Å². The number of nitro benzene ring substituents is 1. The fourth-order valence-electron chi connectivity index (χ4n) is 4.60. The number of imidazole rings is 1. The summed E-state index contributed by atoms with van der Waals surface area (Å²) in [5.74, 6) is 0.803. The first-order valence-electron chi connectivity index (χ1n) is 11.6. The molecular formula is C25H26N6O2S. The Morgan fingerprint density at radius 2 is 1.76 bits per heavy atom. The minimum absolute atomic E-state index is 0.0719. The molecule has 0 spiro atoms. The lowest BCUT2D eigenvalue weighted by Crippen LogP contribution is -2.24. The predicted molar refractivity (Wildman–Crippen MR) is 135 cm³/mol. The molecule has 1 aliphatic carbocycles. The third kappa shape index (κ3) is 4.84. The molecule has 0 saturated heterocycles. The minimum Gasteiger partial charge on any atom is -0.353 e. The summed E-state index contributed by atoms with van der Waals surface area (Å²) in [4.78, 5) is 23.5. The first kappa shape index (κ1) is 22.2. The summed E-state index contributed by atoms with van der Waals surface area (Å²) in [6.07, 6.45) is 6.53. The van der Waals surface area contributed by atoms with Gasteiger partial charge in [-0.1, -0.05) is 61.7 Å². The molecule has 2 aromatic carbocycles. The Hall–Kier alpha value is -3.59. The number of nitro groups is 1. The van der Waals surface area contributed by atoms with Crippen LogP contribution in [0.2, 0.25) is 0 Å². The monoisotopic (exact) mass is 474 g/mol. The van der Waals surface area contributed by atoms with E-state index in [1.54, 1.807) is 12.1 Å². The highest BCUT2D eigenvalue weighted by Gasteiger charge is 2.20. The van der Waals surface area contributed by atoms with Crippen LogP contribution >= 0.6 is 12.2 Å². The molecule has 4 aromatic rings. The van der Waals surface area contributed by atoms with Gasteiger partial charge in [-0.05, 0) is 36.2 Å². The van der Waals surface area contributed by atoms with E-state index in [4.69, 9.17) is 17.2 Å². The number of rotatable bonds is 7. The molecule has 1 aliphatic rings. The summed E-state index contributed by atoms with van der Waals surface area (Å²) in [5, 5.41) is 14.7. The molecule has 0 atom stereocenters. The topological polar surface area (TPSA) is 102 Å². The SMILES string of the molecule is O=[N+]([O-])c1ccc(Cc2[nH]c(=S)nc3c2nc(NC2CCCCC2)n3Cc2ccccc2)cc1. The smallest absolute Gasteiger partial charge is 0.269 e. The number of H-pyrrole nitrogens is 1. The number of anilines is 1. The van der Waals surface area contributed by atoms with Crippen molar-refractivity contribution < 1.29 is 4.92 Å². The molecule has 0 amide bonds. The van der Waals surface area contributed by atoms with Gasteiger partial charge in [-0.15, -0.1) is 0 Å². The Kier molecular flexibility index (Phi) is 6.35. The second kappa shape index (κ2) is 9.72. The summed E-state index contributed by atoms with van der Waals surface area (Å²) in [7, 11) is 0. The number of hydrogen-bond donors (Lipinski definition) is 2. The van der Waals surface area contributed by atoms with Gasteiger partial charge in [-0.25, -0.2) is 4.98 Å². The maximum absolute atomic E-state index is 11.0. The zero-order valence-electron chi connectivity index (χ0n) is 18.7. The lowest BCUT2D eigenvalue weighted by molar-refractivity contribution is -0.384. The van der Waals surface area contributed by atoms with Gasteiger partial charge < -0.3 is 10.3 Å². The lowest BCUT2D eigenvalue weighted by atomic mass is 9.96. The Morgan fingerprint density at radius 1 is 1.03 bits per heavy atom. The number of nitrogens with one attached hydrogen (secondary N) is 2. The van der Waals surface area contributed by atoms with E-state index in [0.29, 0.717) is 23.8 Å². The van der Waals surface area contributed by atoms with Gasteiger partial charge in [0.15, 0.2) is 10.4 Å². The largest absolute Gasteiger partial charge is 0.353 e. The molecule has 174 valence electrons. The summed E-state index contributed by atoms with van der Waals surface area (Å²) in [6, 6.07) is 17.2. The molecule has 0 unspecified atom stereocenters. The van der Waals surface area contributed by atoms with Crippen LogP contribution < -0.4 is 5.32 Å². The van der Waals surface area contributed by atoms with Crippen LogP contribution in [0.5, 0.6) is 0 Å². The molecule has 9 heteroatoms. The third-order valence-corrected chi connectivity index (χ3v) is 6.54. The zero-order valence-corrected chi connectivity index (χ0v) is 19.6. The van der Waals surface area contributed by atoms with Crippen LogP contribution in [0.3, 0.4) is 0 Å². The minimum atomic E-state index is -0.393. The number of fused-ring (bicyclic) bond motifs is 1. The number of benzene rings is 2. The van der Waals surface area contributed by atoms with Crippen LogP contribution in [0, 0.1) is 14.9 Å². The predicted octanol–water partition coefficient (Wildman–Crippen LogP) is 5.78. The quantitative estimate of drug-likeness (QED) is 0.200. The van der Waals surface area contributed by atoms with Crippen LogP contribution in [0.15, 0.2) is 54.6 Å². The lowest BCUT2D eigenvalue weighted by Gasteiger charge is -2.23. The highest BCUT2D eigenvalue weighted by Crippen LogP contribution is 2.27. The second-order valence-corrected chi connectivity index (χ2v) is 9.17. The first-order valence-corrected chi connectivity index (χ1v) is 12.0. The fourth-order valence-corrected chi connectivity index (χ4v) is 4.81. The van der Waals surface area contributed by atoms with Gasteiger partial charge in [0.2, 0.25) is 5.95 Å². The van der Waals surface area contributed by atoms with E-state index in [2.05, 4.69) is 32.0 Å². The Balaban J connectivity index is 1.56. The maximum Gasteiger partial charge on any atom is 0.269 e. The summed E-state index contributed by atoms with van der Waals surface area (Å²) < 4.78 is 2.50. The van der Waals surface area contributed by atoms with Crippen LogP contribution in [-0.4, -0.2) is 30.5 Å². The van der Waals surface area contributed by atoms with Gasteiger partial charge in [-0.3, -0.25) is 14.7 Å². The summed E-state index contributed by atoms with van der Waals surface area (Å²) in [5.41, 5.74) is 4.52. The fraction of sp³-hybridized carbons (Fsp3) is 0.320. The van der Waals surface area contributed by atoms with Gasteiger partial charge in [0.25, 0.3) is 5.69 Å². The second-order valence-electron chi connectivity index (χ2n) is 8.78. The van der Waals surface area contributed by atoms with Crippen LogP contribution in [-0.2, 0) is 13.0 Å². The van der Waals surface area contributed by atoms with Gasteiger partial charge in [0, 0.05) is 24.6 Å². The van der Waals surface area contributed by atoms with E-state index in [0.717, 1.165) is 46.8 Å². The summed E-state index contributed by atoms with van der Waals surface area (Å²) >= 11 is 5.48. The molecule has 8 nitrogen and oxygen atoms in total. The normalized spacial score (nSPS) is 14.4. The maximum atomic E-state index is 11.0. The van der Waals surface area contributed by atoms with Crippen LogP contribution in [0.4, 0.5) is 11.6 Å². The molecule has 0 aliphatic heterocycles. The molecule has 5 rings (SSSR count). The van der Waals surface area contributed by atoms with E-state index in [9.17, 15) is 10.1 Å². The molecule has 34 heavy (non-hydrogen) atoms. The van der Waals surface area contributed by atoms with Crippen molar-refractivity contribution >= 4 is 35.0 Å². The zero-order chi connectivity index (χ0) is 23.5. The van der Waals surface area contributed by atoms with Gasteiger partial charge in [-0.2, -0.15) is 4.98 Å². The molecule has 1 saturated carbocycles. The van der Waals surface area contributed by atoms with E-state index in [1.165, 1.54) is 31.4 Å². The molecule has 2 N–H and O–H groups in total. The molecular weight excluding hydrogens is 448 g/mol. The van der Waals surface area contributed by atoms with E-state index in [-0.39, 0.29) is 5.69 Å². The average molecular weight is 475 g/mol. The average Bonchev–Trinajstić information content (AvgIpc) is 3.17. The van der Waals surface area contributed by atoms with Crippen molar-refractivity contribution in [1.82, 2.24) is 19.5 Å². The van der Waals surface area contributed by atoms with Crippen molar-refractivity contribution in [3.8, 4) is 0 Å². The molecule has 1 fully saturated rings. The number of aromatic nitrogens is 4. The highest BCUT2D eigenvalue weighted by molar-refractivity contribution is 7.71. The number of nitrogens with zero attached hydrogens (tertiary/aromatic N) is 4. The van der Waals surface area contributed by atoms with Crippen LogP contribution in [0.1, 0.15) is 48.9 Å². The van der Waals surface area contributed by atoms with Gasteiger partial charge in [0.1, 0.15) is 5.52 Å². The highest BCUT2D eigenvalue weighted by atomic mass is 32.1. The summed E-state index contributed by atoms with van der Waals surface area (Å²) in [6.45, 7) is 0.634. The van der Waals surface area contributed by atoms with E-state index in [1.807, 2.05) is 18.2 Å². The Bertz CT molecular complexity index is 1360. The van der Waals surface area contributed by atoms with Crippen molar-refractivity contribution in [2.45, 2.75) is 51.1 Å². The van der Waals surface area contributed by atoms with Gasteiger partial charge in [0.05, 0.1) is 17.2 Å². The van der Waals surface area contributed by atoms with Crippen molar-refractivity contribution in [3.63, 3.8) is 0 Å². The van der Waals surface area contributed by atoms with Gasteiger partial charge >= 0.3 is 0 Å². The number of hydrogen-bond acceptors (Lipinski definition) is 6. The van der Waals surface area contributed by atoms with E-state index < -0.39 is 4.92 Å². The standard InChI is InChI=1S/C25H26N6O2S/c32-31(33)20-13-11-17(12-14-20)15-21-22-23(29-25(34)27-21)30(16-18-7-3-1-4-8-18)24(28-22)26-19-9-5-2-6-10-19/h1,3-4,7-8,11-14,19H,2,5-6,9-10,15-16H2,(H,26,28)(H,27,29,34). The third-order valence-electron chi connectivity index (χ3n) is 6.34. The van der Waals surface area contributed by atoms with Crippen molar-refractivity contribution in [3.05, 3.63) is 86.3 Å². The number of non-ortho nitro benzene ring substituents is 1. The van der Waals surface area contributed by atoms with Crippen LogP contribution in [0.25, 0.3) is 11.2 Å². The first-order chi connectivity index (χ1) is 16.6. The van der Waals surface area contributed by atoms with Crippen molar-refractivity contribution in [2.24, 2.45) is 0 Å². The van der Waals surface area contributed by atoms with E-state index >= 15 is 0 Å². The molecule has 2 aromatic heterocycles. The molecule has 2 heterocycles. The van der Waals surface area contributed by atoms with Crippen molar-refractivity contribution in [2.75, 3.05) is 5.32 Å². The Labute approximate surface area is 202 Å². The number of aromatic amines is 1.